The summed E-state index contributed by atoms with van der Waals surface area (Å²) >= 11 is 0. The molecule has 0 fully saturated rings. The lowest BCUT2D eigenvalue weighted by molar-refractivity contribution is -0.167. The van der Waals surface area contributed by atoms with Crippen LogP contribution in [0.25, 0.3) is 0 Å². The summed E-state index contributed by atoms with van der Waals surface area (Å²) in [5.41, 5.74) is 0. The average molecular weight is 940 g/mol. The molecule has 0 saturated heterocycles. The molecule has 0 saturated carbocycles. The van der Waals surface area contributed by atoms with Crippen LogP contribution in [-0.2, 0) is 28.6 Å². The Morgan fingerprint density at radius 3 is 0.910 bits per heavy atom. The van der Waals surface area contributed by atoms with Gasteiger partial charge in [0.1, 0.15) is 13.2 Å². The number of allylic oxidation sites excluding steroid dienone is 8. The number of carbonyl (C=O) groups excluding carboxylic acids is 3. The topological polar surface area (TPSA) is 78.9 Å². The van der Waals surface area contributed by atoms with Crippen molar-refractivity contribution in [3.63, 3.8) is 0 Å². The van der Waals surface area contributed by atoms with Crippen LogP contribution in [0, 0.1) is 0 Å². The molecule has 0 N–H and O–H groups in total. The fourth-order valence-corrected chi connectivity index (χ4v) is 8.49. The molecule has 0 radical (unpaired) electrons. The second-order valence-corrected chi connectivity index (χ2v) is 19.5. The summed E-state index contributed by atoms with van der Waals surface area (Å²) in [6, 6.07) is 0. The summed E-state index contributed by atoms with van der Waals surface area (Å²) in [6.07, 6.45) is 68.2. The molecule has 0 aromatic carbocycles. The van der Waals surface area contributed by atoms with Crippen molar-refractivity contribution in [3.8, 4) is 0 Å². The first-order chi connectivity index (χ1) is 33.0. The number of carbonyl (C=O) groups is 3. The fraction of sp³-hybridized carbons (Fsp3) is 0.820. The summed E-state index contributed by atoms with van der Waals surface area (Å²) in [5.74, 6) is -0.858. The first kappa shape index (κ1) is 64.4. The lowest BCUT2D eigenvalue weighted by atomic mass is 10.0. The number of hydrogen-bond donors (Lipinski definition) is 0. The zero-order valence-electron chi connectivity index (χ0n) is 44.7. The maximum Gasteiger partial charge on any atom is 0.306 e. The third-order valence-electron chi connectivity index (χ3n) is 12.8. The first-order valence-electron chi connectivity index (χ1n) is 29.1. The Hall–Kier alpha value is -2.63. The molecule has 0 aliphatic heterocycles. The van der Waals surface area contributed by atoms with Crippen LogP contribution in [0.15, 0.2) is 48.6 Å². The van der Waals surface area contributed by atoms with Crippen LogP contribution >= 0.6 is 0 Å². The monoisotopic (exact) mass is 939 g/mol. The highest BCUT2D eigenvalue weighted by Gasteiger charge is 2.19. The van der Waals surface area contributed by atoms with E-state index in [1.54, 1.807) is 0 Å². The molecule has 0 rings (SSSR count). The summed E-state index contributed by atoms with van der Waals surface area (Å²) in [7, 11) is 0. The standard InChI is InChI=1S/C61H110O6/c1-4-7-10-13-16-19-22-24-26-27-28-29-30-31-32-33-35-36-39-42-45-48-51-54-60(63)66-57-58(56-65-59(62)53-50-47-44-41-38-21-18-15-12-9-6-3)67-61(64)55-52-49-46-43-40-37-34-25-23-20-17-14-11-8-5-2/h7,10,16,19,24,26,28-29,58H,4-6,8-9,11-15,17-18,20-23,25,27,30-57H2,1-3H3/b10-7-,19-16-,26-24-,29-28-. The molecular formula is C61H110O6. The van der Waals surface area contributed by atoms with Crippen molar-refractivity contribution >= 4 is 17.9 Å². The number of hydrogen-bond acceptors (Lipinski definition) is 6. The largest absolute Gasteiger partial charge is 0.462 e. The Bertz CT molecular complexity index is 1170. The zero-order chi connectivity index (χ0) is 48.6. The predicted molar refractivity (Wildman–Crippen MR) is 289 cm³/mol. The molecule has 0 aliphatic rings. The Balaban J connectivity index is 4.26. The Morgan fingerprint density at radius 2 is 0.582 bits per heavy atom. The Morgan fingerprint density at radius 1 is 0.313 bits per heavy atom. The van der Waals surface area contributed by atoms with Crippen molar-refractivity contribution in [2.75, 3.05) is 13.2 Å². The van der Waals surface area contributed by atoms with E-state index in [0.29, 0.717) is 19.3 Å². The normalized spacial score (nSPS) is 12.3. The summed E-state index contributed by atoms with van der Waals surface area (Å²) < 4.78 is 16.9. The van der Waals surface area contributed by atoms with Gasteiger partial charge in [-0.3, -0.25) is 14.4 Å². The molecule has 6 heteroatoms. The lowest BCUT2D eigenvalue weighted by Crippen LogP contribution is -2.30. The van der Waals surface area contributed by atoms with Gasteiger partial charge < -0.3 is 14.2 Å². The highest BCUT2D eigenvalue weighted by molar-refractivity contribution is 5.71. The van der Waals surface area contributed by atoms with E-state index in [2.05, 4.69) is 69.4 Å². The van der Waals surface area contributed by atoms with Gasteiger partial charge in [0.15, 0.2) is 6.10 Å². The van der Waals surface area contributed by atoms with Crippen molar-refractivity contribution in [2.24, 2.45) is 0 Å². The van der Waals surface area contributed by atoms with Gasteiger partial charge in [-0.25, -0.2) is 0 Å². The molecule has 0 heterocycles. The van der Waals surface area contributed by atoms with Crippen LogP contribution in [0.5, 0.6) is 0 Å². The quantitative estimate of drug-likeness (QED) is 0.0262. The van der Waals surface area contributed by atoms with Crippen LogP contribution in [-0.4, -0.2) is 37.2 Å². The van der Waals surface area contributed by atoms with E-state index in [4.69, 9.17) is 14.2 Å². The van der Waals surface area contributed by atoms with E-state index in [1.165, 1.54) is 180 Å². The van der Waals surface area contributed by atoms with Crippen molar-refractivity contribution in [1.82, 2.24) is 0 Å². The van der Waals surface area contributed by atoms with Gasteiger partial charge in [-0.2, -0.15) is 0 Å². The molecule has 0 aromatic rings. The molecule has 0 aromatic heterocycles. The molecule has 1 unspecified atom stereocenters. The summed E-state index contributed by atoms with van der Waals surface area (Å²) in [6.45, 7) is 6.55. The minimum absolute atomic E-state index is 0.0694. The van der Waals surface area contributed by atoms with E-state index in [0.717, 1.165) is 83.5 Å². The molecule has 0 spiro atoms. The lowest BCUT2D eigenvalue weighted by Gasteiger charge is -2.18. The summed E-state index contributed by atoms with van der Waals surface area (Å²) in [4.78, 5) is 38.1. The zero-order valence-corrected chi connectivity index (χ0v) is 44.7. The maximum atomic E-state index is 12.8. The van der Waals surface area contributed by atoms with Crippen LogP contribution in [0.4, 0.5) is 0 Å². The van der Waals surface area contributed by atoms with Crippen LogP contribution in [0.2, 0.25) is 0 Å². The Labute approximate surface area is 416 Å². The molecule has 0 aliphatic carbocycles. The van der Waals surface area contributed by atoms with E-state index < -0.39 is 6.10 Å². The van der Waals surface area contributed by atoms with Gasteiger partial charge >= 0.3 is 17.9 Å². The summed E-state index contributed by atoms with van der Waals surface area (Å²) in [5, 5.41) is 0. The van der Waals surface area contributed by atoms with Crippen LogP contribution in [0.3, 0.4) is 0 Å². The average Bonchev–Trinajstić information content (AvgIpc) is 3.33. The third-order valence-corrected chi connectivity index (χ3v) is 12.8. The number of esters is 3. The highest BCUT2D eigenvalue weighted by Crippen LogP contribution is 2.17. The van der Waals surface area contributed by atoms with Crippen molar-refractivity contribution < 1.29 is 28.6 Å². The van der Waals surface area contributed by atoms with Crippen molar-refractivity contribution in [2.45, 2.75) is 309 Å². The van der Waals surface area contributed by atoms with Gasteiger partial charge in [0.2, 0.25) is 0 Å². The minimum Gasteiger partial charge on any atom is -0.462 e. The maximum absolute atomic E-state index is 12.8. The van der Waals surface area contributed by atoms with E-state index in [-0.39, 0.29) is 31.1 Å². The van der Waals surface area contributed by atoms with Crippen molar-refractivity contribution in [3.05, 3.63) is 48.6 Å². The van der Waals surface area contributed by atoms with Crippen LogP contribution < -0.4 is 0 Å². The first-order valence-corrected chi connectivity index (χ1v) is 29.1. The Kier molecular flexibility index (Phi) is 53.8. The SMILES string of the molecule is CC/C=C\C/C=C\C/C=C\C/C=C\CCCCCCCCCCCCC(=O)OCC(COC(=O)CCCCCCCCCCCCC)OC(=O)CCCCCCCCCCCCCCCCC. The second kappa shape index (κ2) is 56.0. The number of unbranched alkanes of at least 4 members (excludes halogenated alkanes) is 34. The van der Waals surface area contributed by atoms with Gasteiger partial charge in [0.05, 0.1) is 0 Å². The van der Waals surface area contributed by atoms with Gasteiger partial charge in [-0.15, -0.1) is 0 Å². The van der Waals surface area contributed by atoms with Gasteiger partial charge in [-0.1, -0.05) is 275 Å². The molecule has 6 nitrogen and oxygen atoms in total. The predicted octanol–water partition coefficient (Wildman–Crippen LogP) is 19.4. The molecule has 0 bridgehead atoms. The van der Waals surface area contributed by atoms with Crippen molar-refractivity contribution in [1.29, 1.82) is 0 Å². The second-order valence-electron chi connectivity index (χ2n) is 19.5. The molecule has 67 heavy (non-hydrogen) atoms. The van der Waals surface area contributed by atoms with E-state index >= 15 is 0 Å². The van der Waals surface area contributed by atoms with Gasteiger partial charge in [0.25, 0.3) is 0 Å². The molecular weight excluding hydrogens is 829 g/mol. The highest BCUT2D eigenvalue weighted by atomic mass is 16.6. The fourth-order valence-electron chi connectivity index (χ4n) is 8.49. The number of rotatable bonds is 53. The minimum atomic E-state index is -0.770. The molecule has 0 amide bonds. The van der Waals surface area contributed by atoms with Crippen LogP contribution in [0.1, 0.15) is 303 Å². The van der Waals surface area contributed by atoms with E-state index in [1.807, 2.05) is 0 Å². The third kappa shape index (κ3) is 54.2. The molecule has 1 atom stereocenters. The molecule has 390 valence electrons. The van der Waals surface area contributed by atoms with Gasteiger partial charge in [0, 0.05) is 19.3 Å². The number of ether oxygens (including phenoxy) is 3. The van der Waals surface area contributed by atoms with Gasteiger partial charge in [-0.05, 0) is 57.8 Å². The smallest absolute Gasteiger partial charge is 0.306 e. The van der Waals surface area contributed by atoms with E-state index in [9.17, 15) is 14.4 Å².